The van der Waals surface area contributed by atoms with Crippen molar-refractivity contribution in [3.05, 3.63) is 64.6 Å². The van der Waals surface area contributed by atoms with Crippen LogP contribution < -0.4 is 20.3 Å². The van der Waals surface area contributed by atoms with E-state index in [1.54, 1.807) is 6.07 Å². The second kappa shape index (κ2) is 12.2. The van der Waals surface area contributed by atoms with Gasteiger partial charge in [-0.15, -0.1) is 0 Å². The standard InChI is InChI=1S/C31H40FN5O2/c1-20-8-4-7-11-27(20)37(2)30-24-9-5-6-10-26(24)35-31(36-30)34-23-14-12-21(13-15-23)18-33-19-22-16-25(32)29(38)28(17-22)39-3/h4,7-8,11,16-17,21,23,33,38H,5-6,9-10,12-15,18-19H2,1-3H3,(H,34,35,36)/t21-,23+. The molecular weight excluding hydrogens is 493 g/mol. The molecule has 2 aromatic carbocycles. The molecule has 1 heterocycles. The first-order chi connectivity index (χ1) is 18.9. The van der Waals surface area contributed by atoms with E-state index < -0.39 is 11.6 Å². The van der Waals surface area contributed by atoms with Crippen molar-refractivity contribution >= 4 is 17.5 Å². The van der Waals surface area contributed by atoms with Crippen molar-refractivity contribution in [1.82, 2.24) is 15.3 Å². The topological polar surface area (TPSA) is 82.5 Å². The molecule has 1 saturated carbocycles. The minimum atomic E-state index is -0.657. The first-order valence-electron chi connectivity index (χ1n) is 14.1. The highest BCUT2D eigenvalue weighted by Gasteiger charge is 2.25. The number of aromatic nitrogens is 2. The van der Waals surface area contributed by atoms with Crippen LogP contribution in [0.15, 0.2) is 36.4 Å². The first kappa shape index (κ1) is 27.2. The number of nitrogens with zero attached hydrogens (tertiary/aromatic N) is 3. The fourth-order valence-corrected chi connectivity index (χ4v) is 5.97. The number of phenols is 1. The number of para-hydroxylation sites is 1. The zero-order valence-corrected chi connectivity index (χ0v) is 23.3. The van der Waals surface area contributed by atoms with Crippen molar-refractivity contribution in [2.24, 2.45) is 5.92 Å². The van der Waals surface area contributed by atoms with Gasteiger partial charge in [-0.05, 0) is 100 Å². The Morgan fingerprint density at radius 1 is 1.08 bits per heavy atom. The summed E-state index contributed by atoms with van der Waals surface area (Å²) in [6.45, 7) is 3.55. The van der Waals surface area contributed by atoms with Crippen LogP contribution in [-0.2, 0) is 19.4 Å². The predicted molar refractivity (Wildman–Crippen MR) is 154 cm³/mol. The van der Waals surface area contributed by atoms with Crippen molar-refractivity contribution in [2.75, 3.05) is 30.9 Å². The predicted octanol–water partition coefficient (Wildman–Crippen LogP) is 6.05. The second-order valence-electron chi connectivity index (χ2n) is 11.0. The number of aryl methyl sites for hydroxylation is 2. The van der Waals surface area contributed by atoms with Gasteiger partial charge in [-0.1, -0.05) is 18.2 Å². The molecule has 5 rings (SSSR count). The molecule has 1 fully saturated rings. The number of nitrogens with one attached hydrogen (secondary N) is 2. The lowest BCUT2D eigenvalue weighted by atomic mass is 9.86. The van der Waals surface area contributed by atoms with E-state index in [0.717, 1.165) is 62.4 Å². The van der Waals surface area contributed by atoms with Crippen LogP contribution in [0.4, 0.5) is 21.8 Å². The minimum absolute atomic E-state index is 0.163. The Morgan fingerprint density at radius 3 is 2.62 bits per heavy atom. The number of methoxy groups -OCH3 is 1. The lowest BCUT2D eigenvalue weighted by molar-refractivity contribution is 0.323. The largest absolute Gasteiger partial charge is 0.502 e. The molecule has 0 amide bonds. The highest BCUT2D eigenvalue weighted by Crippen LogP contribution is 2.35. The highest BCUT2D eigenvalue weighted by atomic mass is 19.1. The maximum Gasteiger partial charge on any atom is 0.225 e. The van der Waals surface area contributed by atoms with Crippen LogP contribution >= 0.6 is 0 Å². The van der Waals surface area contributed by atoms with Gasteiger partial charge in [0.25, 0.3) is 0 Å². The number of phenolic OH excluding ortho intramolecular Hbond substituents is 1. The molecular formula is C31H40FN5O2. The van der Waals surface area contributed by atoms with E-state index in [4.69, 9.17) is 14.7 Å². The van der Waals surface area contributed by atoms with Crippen LogP contribution in [0.25, 0.3) is 0 Å². The fourth-order valence-electron chi connectivity index (χ4n) is 5.97. The first-order valence-corrected chi connectivity index (χ1v) is 14.1. The molecule has 0 radical (unpaired) electrons. The molecule has 208 valence electrons. The summed E-state index contributed by atoms with van der Waals surface area (Å²) < 4.78 is 19.0. The van der Waals surface area contributed by atoms with Crippen molar-refractivity contribution in [3.8, 4) is 11.5 Å². The van der Waals surface area contributed by atoms with E-state index in [0.29, 0.717) is 18.5 Å². The monoisotopic (exact) mass is 533 g/mol. The maximum atomic E-state index is 13.9. The molecule has 0 bridgehead atoms. The number of ether oxygens (including phenoxy) is 1. The van der Waals surface area contributed by atoms with E-state index in [9.17, 15) is 9.50 Å². The Hall–Kier alpha value is -3.39. The van der Waals surface area contributed by atoms with Gasteiger partial charge in [0, 0.05) is 30.9 Å². The molecule has 3 aromatic rings. The molecule has 3 N–H and O–H groups in total. The van der Waals surface area contributed by atoms with E-state index in [-0.39, 0.29) is 5.75 Å². The Labute approximate surface area is 230 Å². The van der Waals surface area contributed by atoms with Gasteiger partial charge in [-0.3, -0.25) is 0 Å². The van der Waals surface area contributed by atoms with Gasteiger partial charge in [0.15, 0.2) is 17.3 Å². The summed E-state index contributed by atoms with van der Waals surface area (Å²) in [7, 11) is 3.54. The van der Waals surface area contributed by atoms with Crippen molar-refractivity contribution in [3.63, 3.8) is 0 Å². The average Bonchev–Trinajstić information content (AvgIpc) is 2.95. The molecule has 2 aliphatic rings. The van der Waals surface area contributed by atoms with Gasteiger partial charge < -0.3 is 25.4 Å². The van der Waals surface area contributed by atoms with Crippen molar-refractivity contribution in [1.29, 1.82) is 0 Å². The van der Waals surface area contributed by atoms with Gasteiger partial charge >= 0.3 is 0 Å². The summed E-state index contributed by atoms with van der Waals surface area (Å²) in [6, 6.07) is 11.8. The summed E-state index contributed by atoms with van der Waals surface area (Å²) in [5, 5.41) is 16.8. The second-order valence-corrected chi connectivity index (χ2v) is 11.0. The molecule has 39 heavy (non-hydrogen) atoms. The Kier molecular flexibility index (Phi) is 8.50. The fraction of sp³-hybridized carbons (Fsp3) is 0.484. The quantitative estimate of drug-likeness (QED) is 0.309. The van der Waals surface area contributed by atoms with Gasteiger partial charge in [0.05, 0.1) is 12.8 Å². The molecule has 7 nitrogen and oxygen atoms in total. The van der Waals surface area contributed by atoms with E-state index >= 15 is 0 Å². The Bertz CT molecular complexity index is 1290. The maximum absolute atomic E-state index is 13.9. The number of aromatic hydroxyl groups is 1. The zero-order valence-electron chi connectivity index (χ0n) is 23.3. The van der Waals surface area contributed by atoms with Crippen LogP contribution in [0, 0.1) is 18.7 Å². The van der Waals surface area contributed by atoms with Gasteiger partial charge in [-0.25, -0.2) is 9.37 Å². The van der Waals surface area contributed by atoms with Gasteiger partial charge in [-0.2, -0.15) is 4.98 Å². The summed E-state index contributed by atoms with van der Waals surface area (Å²) in [5.41, 5.74) is 5.65. The number of fused-ring (bicyclic) bond motifs is 1. The lowest BCUT2D eigenvalue weighted by Gasteiger charge is -2.31. The number of hydrogen-bond donors (Lipinski definition) is 3. The zero-order chi connectivity index (χ0) is 27.4. The van der Waals surface area contributed by atoms with Crippen molar-refractivity contribution in [2.45, 2.75) is 70.9 Å². The van der Waals surface area contributed by atoms with Gasteiger partial charge in [0.2, 0.25) is 5.95 Å². The van der Waals surface area contributed by atoms with Crippen LogP contribution in [-0.4, -0.2) is 41.8 Å². The smallest absolute Gasteiger partial charge is 0.225 e. The molecule has 0 saturated heterocycles. The summed E-state index contributed by atoms with van der Waals surface area (Å²) in [6.07, 6.45) is 8.76. The molecule has 8 heteroatoms. The molecule has 0 unspecified atom stereocenters. The molecule has 0 spiro atoms. The van der Waals surface area contributed by atoms with Crippen LogP contribution in [0.1, 0.15) is 60.9 Å². The number of rotatable bonds is 9. The van der Waals surface area contributed by atoms with Gasteiger partial charge in [0.1, 0.15) is 5.82 Å². The van der Waals surface area contributed by atoms with Crippen LogP contribution in [0.3, 0.4) is 0 Å². The Balaban J connectivity index is 1.19. The summed E-state index contributed by atoms with van der Waals surface area (Å²) in [4.78, 5) is 12.3. The molecule has 2 aliphatic carbocycles. The van der Waals surface area contributed by atoms with Crippen molar-refractivity contribution < 1.29 is 14.2 Å². The third kappa shape index (κ3) is 6.27. The van der Waals surface area contributed by atoms with E-state index in [2.05, 4.69) is 53.8 Å². The van der Waals surface area contributed by atoms with Crippen LogP contribution in [0.5, 0.6) is 11.5 Å². The number of hydrogen-bond acceptors (Lipinski definition) is 7. The highest BCUT2D eigenvalue weighted by molar-refractivity contribution is 5.67. The minimum Gasteiger partial charge on any atom is -0.502 e. The third-order valence-corrected chi connectivity index (χ3v) is 8.21. The third-order valence-electron chi connectivity index (χ3n) is 8.21. The van der Waals surface area contributed by atoms with E-state index in [1.165, 1.54) is 48.5 Å². The lowest BCUT2D eigenvalue weighted by Crippen LogP contribution is -2.32. The molecule has 0 atom stereocenters. The summed E-state index contributed by atoms with van der Waals surface area (Å²) in [5.74, 6) is 1.40. The van der Waals surface area contributed by atoms with Crippen LogP contribution in [0.2, 0.25) is 0 Å². The average molecular weight is 534 g/mol. The number of benzene rings is 2. The van der Waals surface area contributed by atoms with E-state index in [1.807, 2.05) is 0 Å². The Morgan fingerprint density at radius 2 is 1.85 bits per heavy atom. The normalized spacial score (nSPS) is 18.9. The molecule has 1 aromatic heterocycles. The number of halogens is 1. The summed E-state index contributed by atoms with van der Waals surface area (Å²) >= 11 is 0. The SMILES string of the molecule is COc1cc(CNC[C@H]2CC[C@@H](Nc3nc4c(c(N(C)c5ccccc5C)n3)CCCC4)CC2)cc(F)c1O. The molecule has 0 aliphatic heterocycles. The number of anilines is 3.